The van der Waals surface area contributed by atoms with Gasteiger partial charge in [-0.3, -0.25) is 0 Å². The van der Waals surface area contributed by atoms with E-state index in [9.17, 15) is 4.39 Å². The molecule has 3 rings (SSSR count). The van der Waals surface area contributed by atoms with Crippen LogP contribution < -0.4 is 5.73 Å². The third-order valence-corrected chi connectivity index (χ3v) is 2.98. The molecule has 0 aliphatic carbocycles. The van der Waals surface area contributed by atoms with Crippen LogP contribution in [-0.2, 0) is 6.54 Å². The predicted molar refractivity (Wildman–Crippen MR) is 75.4 cm³/mol. The standard InChI is InChI=1S/C15H13FN4/c16-13-8-6-11(7-9-13)10-20-15(17)18-14(19-20)12-4-2-1-3-5-12/h1-9H,10H2,(H2,17,18,19). The van der Waals surface area contributed by atoms with Crippen molar-refractivity contribution in [3.05, 3.63) is 66.0 Å². The Balaban J connectivity index is 1.88. The van der Waals surface area contributed by atoms with E-state index in [0.29, 0.717) is 18.3 Å². The summed E-state index contributed by atoms with van der Waals surface area (Å²) >= 11 is 0. The van der Waals surface area contributed by atoms with Crippen LogP contribution in [0.25, 0.3) is 11.4 Å². The summed E-state index contributed by atoms with van der Waals surface area (Å²) < 4.78 is 14.5. The summed E-state index contributed by atoms with van der Waals surface area (Å²) in [7, 11) is 0. The zero-order valence-electron chi connectivity index (χ0n) is 10.7. The third kappa shape index (κ3) is 2.51. The van der Waals surface area contributed by atoms with Gasteiger partial charge in [-0.25, -0.2) is 9.07 Å². The molecule has 0 fully saturated rings. The van der Waals surface area contributed by atoms with Crippen LogP contribution in [0.15, 0.2) is 54.6 Å². The first-order valence-corrected chi connectivity index (χ1v) is 6.22. The van der Waals surface area contributed by atoms with Crippen molar-refractivity contribution in [2.45, 2.75) is 6.54 Å². The van der Waals surface area contributed by atoms with Crippen LogP contribution in [0, 0.1) is 5.82 Å². The first kappa shape index (κ1) is 12.3. The van der Waals surface area contributed by atoms with Crippen molar-refractivity contribution in [3.63, 3.8) is 0 Å². The molecule has 3 aromatic rings. The zero-order chi connectivity index (χ0) is 13.9. The lowest BCUT2D eigenvalue weighted by molar-refractivity contribution is 0.625. The van der Waals surface area contributed by atoms with Gasteiger partial charge in [-0.15, -0.1) is 5.10 Å². The normalized spacial score (nSPS) is 10.7. The lowest BCUT2D eigenvalue weighted by Crippen LogP contribution is -2.06. The molecule has 0 atom stereocenters. The van der Waals surface area contributed by atoms with E-state index in [2.05, 4.69) is 10.1 Å². The molecule has 5 heteroatoms. The van der Waals surface area contributed by atoms with Gasteiger partial charge in [0.05, 0.1) is 6.54 Å². The Morgan fingerprint density at radius 1 is 1.00 bits per heavy atom. The molecular weight excluding hydrogens is 255 g/mol. The van der Waals surface area contributed by atoms with Gasteiger partial charge in [0.15, 0.2) is 5.82 Å². The molecule has 2 aromatic carbocycles. The molecule has 0 saturated heterocycles. The van der Waals surface area contributed by atoms with Gasteiger partial charge >= 0.3 is 0 Å². The summed E-state index contributed by atoms with van der Waals surface area (Å²) in [6, 6.07) is 15.9. The van der Waals surface area contributed by atoms with Gasteiger partial charge in [-0.1, -0.05) is 42.5 Å². The molecule has 2 N–H and O–H groups in total. The van der Waals surface area contributed by atoms with E-state index in [1.165, 1.54) is 12.1 Å². The van der Waals surface area contributed by atoms with Crippen LogP contribution in [0.2, 0.25) is 0 Å². The fourth-order valence-corrected chi connectivity index (χ4v) is 1.94. The number of aromatic nitrogens is 3. The van der Waals surface area contributed by atoms with Crippen molar-refractivity contribution in [1.82, 2.24) is 14.8 Å². The molecule has 1 aromatic heterocycles. The van der Waals surface area contributed by atoms with Crippen LogP contribution >= 0.6 is 0 Å². The number of rotatable bonds is 3. The van der Waals surface area contributed by atoms with Gasteiger partial charge in [-0.05, 0) is 17.7 Å². The summed E-state index contributed by atoms with van der Waals surface area (Å²) in [6.45, 7) is 0.464. The van der Waals surface area contributed by atoms with Crippen LogP contribution in [0.5, 0.6) is 0 Å². The van der Waals surface area contributed by atoms with E-state index in [4.69, 9.17) is 5.73 Å². The van der Waals surface area contributed by atoms with Crippen LogP contribution in [0.3, 0.4) is 0 Å². The third-order valence-electron chi connectivity index (χ3n) is 2.98. The highest BCUT2D eigenvalue weighted by Gasteiger charge is 2.09. The van der Waals surface area contributed by atoms with Crippen molar-refractivity contribution in [2.24, 2.45) is 0 Å². The van der Waals surface area contributed by atoms with Gasteiger partial charge in [0.1, 0.15) is 5.82 Å². The maximum absolute atomic E-state index is 12.9. The summed E-state index contributed by atoms with van der Waals surface area (Å²) in [5.41, 5.74) is 7.70. The molecular formula is C15H13FN4. The van der Waals surface area contributed by atoms with Crippen molar-refractivity contribution in [1.29, 1.82) is 0 Å². The fourth-order valence-electron chi connectivity index (χ4n) is 1.94. The van der Waals surface area contributed by atoms with E-state index in [1.54, 1.807) is 16.8 Å². The Bertz CT molecular complexity index is 704. The van der Waals surface area contributed by atoms with Crippen molar-refractivity contribution >= 4 is 5.95 Å². The molecule has 20 heavy (non-hydrogen) atoms. The molecule has 0 unspecified atom stereocenters. The average molecular weight is 268 g/mol. The second kappa shape index (κ2) is 5.13. The Hall–Kier alpha value is -2.69. The molecule has 0 aliphatic heterocycles. The van der Waals surface area contributed by atoms with E-state index in [0.717, 1.165) is 11.1 Å². The minimum absolute atomic E-state index is 0.259. The molecule has 0 amide bonds. The Kier molecular flexibility index (Phi) is 3.16. The van der Waals surface area contributed by atoms with Gasteiger partial charge in [0, 0.05) is 5.56 Å². The fraction of sp³-hybridized carbons (Fsp3) is 0.0667. The topological polar surface area (TPSA) is 56.7 Å². The Morgan fingerprint density at radius 2 is 1.70 bits per heavy atom. The van der Waals surface area contributed by atoms with E-state index < -0.39 is 0 Å². The Morgan fingerprint density at radius 3 is 2.40 bits per heavy atom. The highest BCUT2D eigenvalue weighted by molar-refractivity contribution is 5.55. The maximum Gasteiger partial charge on any atom is 0.219 e. The monoisotopic (exact) mass is 268 g/mol. The second-order valence-corrected chi connectivity index (χ2v) is 4.44. The van der Waals surface area contributed by atoms with E-state index >= 15 is 0 Å². The van der Waals surface area contributed by atoms with Crippen molar-refractivity contribution in [3.8, 4) is 11.4 Å². The first-order valence-electron chi connectivity index (χ1n) is 6.22. The first-order chi connectivity index (χ1) is 9.72. The van der Waals surface area contributed by atoms with Crippen LogP contribution in [0.4, 0.5) is 10.3 Å². The molecule has 0 radical (unpaired) electrons. The molecule has 0 bridgehead atoms. The molecule has 0 saturated carbocycles. The lowest BCUT2D eigenvalue weighted by atomic mass is 10.2. The van der Waals surface area contributed by atoms with Crippen LogP contribution in [-0.4, -0.2) is 14.8 Å². The smallest absolute Gasteiger partial charge is 0.219 e. The largest absolute Gasteiger partial charge is 0.368 e. The number of nitrogens with two attached hydrogens (primary N) is 1. The van der Waals surface area contributed by atoms with Gasteiger partial charge in [0.2, 0.25) is 5.95 Å². The maximum atomic E-state index is 12.9. The van der Waals surface area contributed by atoms with Gasteiger partial charge in [-0.2, -0.15) is 4.98 Å². The van der Waals surface area contributed by atoms with Crippen molar-refractivity contribution in [2.75, 3.05) is 5.73 Å². The lowest BCUT2D eigenvalue weighted by Gasteiger charge is -2.02. The summed E-state index contributed by atoms with van der Waals surface area (Å²) in [5, 5.41) is 4.38. The minimum Gasteiger partial charge on any atom is -0.368 e. The Labute approximate surface area is 115 Å². The predicted octanol–water partition coefficient (Wildman–Crippen LogP) is 2.71. The quantitative estimate of drug-likeness (QED) is 0.794. The van der Waals surface area contributed by atoms with E-state index in [1.807, 2.05) is 30.3 Å². The zero-order valence-corrected chi connectivity index (χ0v) is 10.7. The number of hydrogen-bond acceptors (Lipinski definition) is 3. The number of halogens is 1. The average Bonchev–Trinajstić information content (AvgIpc) is 2.84. The highest BCUT2D eigenvalue weighted by Crippen LogP contribution is 2.16. The molecule has 100 valence electrons. The minimum atomic E-state index is -0.259. The molecule has 1 heterocycles. The van der Waals surface area contributed by atoms with Crippen LogP contribution in [0.1, 0.15) is 5.56 Å². The van der Waals surface area contributed by atoms with Gasteiger partial charge in [0.25, 0.3) is 0 Å². The highest BCUT2D eigenvalue weighted by atomic mass is 19.1. The summed E-state index contributed by atoms with van der Waals surface area (Å²) in [4.78, 5) is 4.25. The SMILES string of the molecule is Nc1nc(-c2ccccc2)nn1Cc1ccc(F)cc1. The number of anilines is 1. The summed E-state index contributed by atoms with van der Waals surface area (Å²) in [6.07, 6.45) is 0. The number of nitrogens with zero attached hydrogens (tertiary/aromatic N) is 3. The molecule has 4 nitrogen and oxygen atoms in total. The molecule has 0 spiro atoms. The number of hydrogen-bond donors (Lipinski definition) is 1. The second-order valence-electron chi connectivity index (χ2n) is 4.44. The summed E-state index contributed by atoms with van der Waals surface area (Å²) in [5.74, 6) is 0.670. The molecule has 0 aliphatic rings. The van der Waals surface area contributed by atoms with Gasteiger partial charge < -0.3 is 5.73 Å². The van der Waals surface area contributed by atoms with Crippen molar-refractivity contribution < 1.29 is 4.39 Å². The number of benzene rings is 2. The number of nitrogen functional groups attached to an aromatic ring is 1. The van der Waals surface area contributed by atoms with E-state index in [-0.39, 0.29) is 5.82 Å².